The summed E-state index contributed by atoms with van der Waals surface area (Å²) in [5, 5.41) is 0. The molecule has 0 amide bonds. The summed E-state index contributed by atoms with van der Waals surface area (Å²) >= 11 is 0. The normalized spacial score (nSPS) is 11.1. The number of ether oxygens (including phenoxy) is 1. The van der Waals surface area contributed by atoms with E-state index >= 15 is 0 Å². The van der Waals surface area contributed by atoms with Gasteiger partial charge in [0.05, 0.1) is 13.2 Å². The Bertz CT molecular complexity index is 168. The predicted molar refractivity (Wildman–Crippen MR) is 47.7 cm³/mol. The second kappa shape index (κ2) is 8.13. The summed E-state index contributed by atoms with van der Waals surface area (Å²) in [6.07, 6.45) is 3.34. The van der Waals surface area contributed by atoms with Crippen LogP contribution >= 0.6 is 8.60 Å². The van der Waals surface area contributed by atoms with Crippen molar-refractivity contribution >= 4 is 14.6 Å². The zero-order valence-corrected chi connectivity index (χ0v) is 8.24. The molecule has 0 unspecified atom stereocenters. The first-order chi connectivity index (χ1) is 6.16. The third kappa shape index (κ3) is 9.43. The van der Waals surface area contributed by atoms with E-state index in [0.717, 1.165) is 0 Å². The zero-order chi connectivity index (χ0) is 10.1. The number of carbonyl (C=O) groups excluding carboxylic acids is 1. The fourth-order valence-electron chi connectivity index (χ4n) is 0.562. The van der Waals surface area contributed by atoms with E-state index in [4.69, 9.17) is 14.5 Å². The molecule has 5 nitrogen and oxygen atoms in total. The van der Waals surface area contributed by atoms with Gasteiger partial charge in [-0.1, -0.05) is 6.08 Å². The van der Waals surface area contributed by atoms with Gasteiger partial charge in [0, 0.05) is 12.5 Å². The Kier molecular flexibility index (Phi) is 7.83. The van der Waals surface area contributed by atoms with Crippen LogP contribution in [-0.2, 0) is 14.1 Å². The molecular weight excluding hydrogens is 195 g/mol. The van der Waals surface area contributed by atoms with E-state index in [1.807, 2.05) is 0 Å². The van der Waals surface area contributed by atoms with Crippen LogP contribution in [0.25, 0.3) is 0 Å². The van der Waals surface area contributed by atoms with E-state index < -0.39 is 14.6 Å². The molecule has 6 heteroatoms. The van der Waals surface area contributed by atoms with Crippen LogP contribution in [0.4, 0.5) is 0 Å². The van der Waals surface area contributed by atoms with Crippen LogP contribution in [0.1, 0.15) is 13.3 Å². The number of hydrogen-bond acceptors (Lipinski definition) is 5. The lowest BCUT2D eigenvalue weighted by molar-refractivity contribution is -0.137. The van der Waals surface area contributed by atoms with Crippen LogP contribution in [-0.4, -0.2) is 29.0 Å². The standard InChI is InChI=1S/C7H13O5P/c1-2-4-7(8)11-5-3-6-12-13(9)10/h2,4,9-10H,3,5-6H2,1H3. The lowest BCUT2D eigenvalue weighted by Gasteiger charge is -2.03. The molecule has 0 radical (unpaired) electrons. The molecule has 0 aliphatic carbocycles. The smallest absolute Gasteiger partial charge is 0.330 e. The third-order valence-corrected chi connectivity index (χ3v) is 1.46. The maximum Gasteiger partial charge on any atom is 0.330 e. The molecule has 2 N–H and O–H groups in total. The first-order valence-electron chi connectivity index (χ1n) is 3.77. The van der Waals surface area contributed by atoms with Crippen molar-refractivity contribution in [2.45, 2.75) is 13.3 Å². The van der Waals surface area contributed by atoms with Gasteiger partial charge in [-0.2, -0.15) is 0 Å². The van der Waals surface area contributed by atoms with Gasteiger partial charge in [-0.3, -0.25) is 0 Å². The minimum atomic E-state index is -2.29. The van der Waals surface area contributed by atoms with Crippen molar-refractivity contribution in [1.29, 1.82) is 0 Å². The van der Waals surface area contributed by atoms with E-state index in [2.05, 4.69) is 4.52 Å². The van der Waals surface area contributed by atoms with E-state index in [0.29, 0.717) is 6.42 Å². The summed E-state index contributed by atoms with van der Waals surface area (Å²) in [5.41, 5.74) is 0. The molecule has 0 rings (SSSR count). The SMILES string of the molecule is CC=CC(=O)OCCCOP(O)O. The van der Waals surface area contributed by atoms with Gasteiger partial charge in [0.1, 0.15) is 0 Å². The molecule has 0 bridgehead atoms. The minimum absolute atomic E-state index is 0.168. The molecule has 76 valence electrons. The molecule has 13 heavy (non-hydrogen) atoms. The fourth-order valence-corrected chi connectivity index (χ4v) is 0.854. The number of esters is 1. The number of carbonyl (C=O) groups is 1. The maximum atomic E-state index is 10.7. The van der Waals surface area contributed by atoms with E-state index in [-0.39, 0.29) is 13.2 Å². The fraction of sp³-hybridized carbons (Fsp3) is 0.571. The molecule has 0 aromatic rings. The highest BCUT2D eigenvalue weighted by molar-refractivity contribution is 7.39. The van der Waals surface area contributed by atoms with Crippen LogP contribution in [0.3, 0.4) is 0 Å². The summed E-state index contributed by atoms with van der Waals surface area (Å²) in [4.78, 5) is 27.3. The van der Waals surface area contributed by atoms with Gasteiger partial charge in [0.15, 0.2) is 0 Å². The van der Waals surface area contributed by atoms with Gasteiger partial charge in [0.25, 0.3) is 0 Å². The molecule has 0 aromatic heterocycles. The number of hydrogen-bond donors (Lipinski definition) is 2. The second-order valence-corrected chi connectivity index (χ2v) is 2.87. The average molecular weight is 208 g/mol. The molecule has 0 aliphatic heterocycles. The molecule has 0 fully saturated rings. The topological polar surface area (TPSA) is 76.0 Å². The Morgan fingerprint density at radius 1 is 1.46 bits per heavy atom. The Morgan fingerprint density at radius 2 is 2.15 bits per heavy atom. The van der Waals surface area contributed by atoms with Gasteiger partial charge in [-0.25, -0.2) is 4.79 Å². The zero-order valence-electron chi connectivity index (χ0n) is 7.34. The average Bonchev–Trinajstić information content (AvgIpc) is 2.03. The van der Waals surface area contributed by atoms with Crippen molar-refractivity contribution in [3.63, 3.8) is 0 Å². The van der Waals surface area contributed by atoms with Crippen LogP contribution in [0.2, 0.25) is 0 Å². The minimum Gasteiger partial charge on any atom is -0.462 e. The molecule has 0 saturated heterocycles. The lowest BCUT2D eigenvalue weighted by atomic mass is 10.5. The van der Waals surface area contributed by atoms with E-state index in [1.165, 1.54) is 6.08 Å². The third-order valence-electron chi connectivity index (χ3n) is 1.04. The molecule has 0 atom stereocenters. The largest absolute Gasteiger partial charge is 0.462 e. The highest BCUT2D eigenvalue weighted by Crippen LogP contribution is 2.23. The molecule has 0 spiro atoms. The van der Waals surface area contributed by atoms with E-state index in [9.17, 15) is 4.79 Å². The van der Waals surface area contributed by atoms with Gasteiger partial charge in [0.2, 0.25) is 0 Å². The summed E-state index contributed by atoms with van der Waals surface area (Å²) < 4.78 is 9.15. The van der Waals surface area contributed by atoms with Crippen molar-refractivity contribution in [2.75, 3.05) is 13.2 Å². The monoisotopic (exact) mass is 208 g/mol. The Hall–Kier alpha value is -0.480. The molecular formula is C7H13O5P. The van der Waals surface area contributed by atoms with Crippen molar-refractivity contribution in [1.82, 2.24) is 0 Å². The summed E-state index contributed by atoms with van der Waals surface area (Å²) in [7, 11) is -2.29. The first kappa shape index (κ1) is 12.5. The van der Waals surface area contributed by atoms with Crippen molar-refractivity contribution in [3.8, 4) is 0 Å². The van der Waals surface area contributed by atoms with Crippen molar-refractivity contribution < 1.29 is 23.8 Å². The lowest BCUT2D eigenvalue weighted by Crippen LogP contribution is -2.04. The highest BCUT2D eigenvalue weighted by Gasteiger charge is 1.99. The quantitative estimate of drug-likeness (QED) is 0.291. The molecule has 0 aromatic carbocycles. The number of rotatable bonds is 6. The molecule has 0 aliphatic rings. The Labute approximate surface area is 78.0 Å². The summed E-state index contributed by atoms with van der Waals surface area (Å²) in [5.74, 6) is -0.405. The van der Waals surface area contributed by atoms with Crippen LogP contribution in [0, 0.1) is 0 Å². The van der Waals surface area contributed by atoms with Gasteiger partial charge in [-0.05, 0) is 6.92 Å². The second-order valence-electron chi connectivity index (χ2n) is 2.11. The van der Waals surface area contributed by atoms with Gasteiger partial charge in [-0.15, -0.1) is 0 Å². The van der Waals surface area contributed by atoms with Crippen molar-refractivity contribution in [2.24, 2.45) is 0 Å². The molecule has 0 heterocycles. The van der Waals surface area contributed by atoms with Crippen LogP contribution in [0.5, 0.6) is 0 Å². The Balaban J connectivity index is 3.21. The van der Waals surface area contributed by atoms with Crippen LogP contribution < -0.4 is 0 Å². The summed E-state index contributed by atoms with van der Waals surface area (Å²) in [6, 6.07) is 0. The number of allylic oxidation sites excluding steroid dienone is 1. The molecule has 0 saturated carbocycles. The Morgan fingerprint density at radius 3 is 2.69 bits per heavy atom. The van der Waals surface area contributed by atoms with Gasteiger partial charge >= 0.3 is 14.6 Å². The predicted octanol–water partition coefficient (Wildman–Crippen LogP) is 0.724. The van der Waals surface area contributed by atoms with Gasteiger partial charge < -0.3 is 19.0 Å². The summed E-state index contributed by atoms with van der Waals surface area (Å²) in [6.45, 7) is 2.10. The van der Waals surface area contributed by atoms with Crippen molar-refractivity contribution in [3.05, 3.63) is 12.2 Å². The van der Waals surface area contributed by atoms with E-state index in [1.54, 1.807) is 13.0 Å². The maximum absolute atomic E-state index is 10.7. The van der Waals surface area contributed by atoms with Crippen LogP contribution in [0.15, 0.2) is 12.2 Å². The highest BCUT2D eigenvalue weighted by atomic mass is 31.2. The first-order valence-corrected chi connectivity index (χ1v) is 4.93.